The minimum atomic E-state index is -0.822. The number of Topliss-reactive ketones (excluding diaryl/α,β-unsaturated/α-hetero) is 2. The summed E-state index contributed by atoms with van der Waals surface area (Å²) in [6, 6.07) is -0.247. The van der Waals surface area contributed by atoms with Gasteiger partial charge in [-0.15, -0.1) is 0 Å². The molecule has 86 valence electrons. The minimum Gasteiger partial charge on any atom is -0.366 e. The molecule has 5 heteroatoms. The van der Waals surface area contributed by atoms with Crippen molar-refractivity contribution < 1.29 is 14.3 Å². The lowest BCUT2D eigenvalue weighted by Gasteiger charge is -2.20. The van der Waals surface area contributed by atoms with E-state index in [9.17, 15) is 9.59 Å². The number of hydrogen-bond acceptors (Lipinski definition) is 4. The molecule has 0 aromatic carbocycles. The average Bonchev–Trinajstić information content (AvgIpc) is 2.92. The van der Waals surface area contributed by atoms with Crippen LogP contribution in [0.5, 0.6) is 0 Å². The smallest absolute Gasteiger partial charge is 0.192 e. The van der Waals surface area contributed by atoms with Gasteiger partial charge in [0.05, 0.1) is 12.5 Å². The van der Waals surface area contributed by atoms with Crippen LogP contribution in [0.4, 0.5) is 0 Å². The van der Waals surface area contributed by atoms with Gasteiger partial charge in [0.25, 0.3) is 0 Å². The molecule has 4 atom stereocenters. The molecule has 3 rings (SSSR count). The van der Waals surface area contributed by atoms with Gasteiger partial charge in [0.15, 0.2) is 17.7 Å². The van der Waals surface area contributed by atoms with Gasteiger partial charge in [-0.2, -0.15) is 0 Å². The van der Waals surface area contributed by atoms with Crippen molar-refractivity contribution in [3.05, 3.63) is 12.3 Å². The number of fused-ring (bicyclic) bond motifs is 5. The van der Waals surface area contributed by atoms with Crippen molar-refractivity contribution >= 4 is 27.5 Å². The molecule has 4 nitrogen and oxygen atoms in total. The maximum absolute atomic E-state index is 12.1. The Morgan fingerprint density at radius 2 is 2.25 bits per heavy atom. The number of alkyl halides is 1. The van der Waals surface area contributed by atoms with E-state index >= 15 is 0 Å². The fraction of sp³-hybridized carbons (Fsp3) is 0.636. The second-order valence-corrected chi connectivity index (χ2v) is 5.21. The molecule has 0 radical (unpaired) electrons. The summed E-state index contributed by atoms with van der Waals surface area (Å²) < 4.78 is 5.34. The zero-order valence-corrected chi connectivity index (χ0v) is 10.2. The molecular weight excluding hydrogens is 274 g/mol. The monoisotopic (exact) mass is 285 g/mol. The van der Waals surface area contributed by atoms with Gasteiger partial charge in [-0.1, -0.05) is 22.0 Å². The summed E-state index contributed by atoms with van der Waals surface area (Å²) in [4.78, 5) is 26.1. The van der Waals surface area contributed by atoms with Gasteiger partial charge in [-0.05, 0) is 6.20 Å². The van der Waals surface area contributed by atoms with E-state index in [0.717, 1.165) is 6.54 Å². The number of nitrogens with zero attached hydrogens (tertiary/aromatic N) is 1. The zero-order valence-electron chi connectivity index (χ0n) is 8.64. The molecule has 0 aromatic rings. The van der Waals surface area contributed by atoms with Crippen molar-refractivity contribution in [1.82, 2.24) is 4.90 Å². The quantitative estimate of drug-likeness (QED) is 0.555. The highest BCUT2D eigenvalue weighted by Crippen LogP contribution is 2.42. The van der Waals surface area contributed by atoms with Crippen molar-refractivity contribution in [3.63, 3.8) is 0 Å². The zero-order chi connectivity index (χ0) is 11.3. The van der Waals surface area contributed by atoms with Gasteiger partial charge < -0.3 is 9.64 Å². The standard InChI is InChI=1S/C11H12BrNO3/c12-2-4-16-11-9(14)7-6-1-3-13(5-6)8(7)10(11)15/h1,3,6-8,11H,2,4-5H2. The van der Waals surface area contributed by atoms with E-state index in [-0.39, 0.29) is 29.4 Å². The Bertz CT molecular complexity index is 351. The van der Waals surface area contributed by atoms with E-state index in [0.29, 0.717) is 11.9 Å². The number of hydrogen-bond donors (Lipinski definition) is 0. The van der Waals surface area contributed by atoms with Crippen LogP contribution in [0.1, 0.15) is 0 Å². The SMILES string of the molecule is O=C1C(OCCBr)C(=O)C2C1C1C=CN2C1. The molecule has 3 aliphatic rings. The molecule has 0 amide bonds. The first kappa shape index (κ1) is 10.5. The van der Waals surface area contributed by atoms with Crippen molar-refractivity contribution in [2.24, 2.45) is 11.8 Å². The molecule has 1 aliphatic carbocycles. The van der Waals surface area contributed by atoms with Crippen LogP contribution in [-0.2, 0) is 14.3 Å². The van der Waals surface area contributed by atoms with Crippen LogP contribution in [0.3, 0.4) is 0 Å². The van der Waals surface area contributed by atoms with Gasteiger partial charge >= 0.3 is 0 Å². The summed E-state index contributed by atoms with van der Waals surface area (Å²) in [5.41, 5.74) is 0. The van der Waals surface area contributed by atoms with E-state index in [1.54, 1.807) is 0 Å². The van der Waals surface area contributed by atoms with Crippen LogP contribution in [0.25, 0.3) is 0 Å². The van der Waals surface area contributed by atoms with Crippen LogP contribution in [0, 0.1) is 11.8 Å². The van der Waals surface area contributed by atoms with Crippen molar-refractivity contribution in [3.8, 4) is 0 Å². The second kappa shape index (κ2) is 3.67. The topological polar surface area (TPSA) is 46.6 Å². The predicted octanol–water partition coefficient (Wildman–Crippen LogP) is 0.362. The summed E-state index contributed by atoms with van der Waals surface area (Å²) in [6.45, 7) is 1.22. The second-order valence-electron chi connectivity index (χ2n) is 4.42. The van der Waals surface area contributed by atoms with Gasteiger partial charge in [0.1, 0.15) is 6.04 Å². The normalized spacial score (nSPS) is 39.9. The number of carbonyl (C=O) groups excluding carboxylic acids is 2. The van der Waals surface area contributed by atoms with Crippen LogP contribution >= 0.6 is 15.9 Å². The molecule has 0 spiro atoms. The fourth-order valence-corrected chi connectivity index (χ4v) is 3.16. The number of carbonyl (C=O) groups is 2. The highest BCUT2D eigenvalue weighted by atomic mass is 79.9. The largest absolute Gasteiger partial charge is 0.366 e. The highest BCUT2D eigenvalue weighted by Gasteiger charge is 2.59. The molecule has 2 fully saturated rings. The molecule has 2 heterocycles. The van der Waals surface area contributed by atoms with E-state index in [1.165, 1.54) is 0 Å². The van der Waals surface area contributed by atoms with Gasteiger partial charge in [-0.25, -0.2) is 0 Å². The van der Waals surface area contributed by atoms with E-state index in [2.05, 4.69) is 15.9 Å². The lowest BCUT2D eigenvalue weighted by atomic mass is 9.91. The summed E-state index contributed by atoms with van der Waals surface area (Å²) in [5, 5.41) is 0.644. The minimum absolute atomic E-state index is 0.0206. The third-order valence-electron chi connectivity index (χ3n) is 3.60. The van der Waals surface area contributed by atoms with E-state index in [4.69, 9.17) is 4.74 Å². The molecule has 16 heavy (non-hydrogen) atoms. The van der Waals surface area contributed by atoms with E-state index in [1.807, 2.05) is 17.2 Å². The highest BCUT2D eigenvalue weighted by molar-refractivity contribution is 9.09. The maximum Gasteiger partial charge on any atom is 0.192 e. The van der Waals surface area contributed by atoms with Crippen LogP contribution < -0.4 is 0 Å². The van der Waals surface area contributed by atoms with Crippen LogP contribution in [0.2, 0.25) is 0 Å². The first-order chi connectivity index (χ1) is 7.74. The summed E-state index contributed by atoms with van der Waals surface area (Å²) in [7, 11) is 0. The summed E-state index contributed by atoms with van der Waals surface area (Å²) >= 11 is 3.22. The molecule has 1 saturated carbocycles. The Morgan fingerprint density at radius 1 is 1.44 bits per heavy atom. The molecule has 1 saturated heterocycles. The molecule has 0 aromatic heterocycles. The Hall–Kier alpha value is -0.680. The Balaban J connectivity index is 1.83. The first-order valence-corrected chi connectivity index (χ1v) is 6.55. The van der Waals surface area contributed by atoms with Gasteiger partial charge in [-0.3, -0.25) is 9.59 Å². The van der Waals surface area contributed by atoms with Crippen molar-refractivity contribution in [2.75, 3.05) is 18.5 Å². The lowest BCUT2D eigenvalue weighted by Crippen LogP contribution is -2.36. The summed E-state index contributed by atoms with van der Waals surface area (Å²) in [6.07, 6.45) is 3.14. The molecule has 4 unspecified atom stereocenters. The molecule has 2 aliphatic heterocycles. The van der Waals surface area contributed by atoms with Crippen LogP contribution in [-0.4, -0.2) is 47.1 Å². The molecule has 0 N–H and O–H groups in total. The third kappa shape index (κ3) is 1.24. The van der Waals surface area contributed by atoms with Crippen LogP contribution in [0.15, 0.2) is 12.3 Å². The maximum atomic E-state index is 12.1. The van der Waals surface area contributed by atoms with Gasteiger partial charge in [0, 0.05) is 17.8 Å². The Kier molecular flexibility index (Phi) is 2.40. The summed E-state index contributed by atoms with van der Waals surface area (Å²) in [5.74, 6) is -0.00699. The average molecular weight is 286 g/mol. The number of rotatable bonds is 3. The molecular formula is C11H12BrNO3. The molecule has 2 bridgehead atoms. The fourth-order valence-electron chi connectivity index (χ4n) is 2.97. The Morgan fingerprint density at radius 3 is 2.94 bits per heavy atom. The van der Waals surface area contributed by atoms with Gasteiger partial charge in [0.2, 0.25) is 0 Å². The Labute approximate surface area is 102 Å². The number of halogens is 1. The van der Waals surface area contributed by atoms with Crippen molar-refractivity contribution in [2.45, 2.75) is 12.1 Å². The number of ether oxygens (including phenoxy) is 1. The van der Waals surface area contributed by atoms with Crippen molar-refractivity contribution in [1.29, 1.82) is 0 Å². The third-order valence-corrected chi connectivity index (χ3v) is 3.93. The first-order valence-electron chi connectivity index (χ1n) is 5.43. The van der Waals surface area contributed by atoms with E-state index < -0.39 is 6.10 Å². The predicted molar refractivity (Wildman–Crippen MR) is 60.2 cm³/mol. The lowest BCUT2D eigenvalue weighted by molar-refractivity contribution is -0.138. The number of ketones is 2.